The number of nitrogens with one attached hydrogen (secondary N) is 2. The molecule has 0 fully saturated rings. The number of hydrogen-bond donors (Lipinski definition) is 2. The first kappa shape index (κ1) is 25.5. The fraction of sp³-hybridized carbons (Fsp3) is 0.115. The molecule has 0 atom stereocenters. The summed E-state index contributed by atoms with van der Waals surface area (Å²) in [6.07, 6.45) is 1.42. The van der Waals surface area contributed by atoms with E-state index in [4.69, 9.17) is 9.47 Å². The number of ether oxygens (including phenoxy) is 2. The zero-order valence-corrected chi connectivity index (χ0v) is 20.3. The van der Waals surface area contributed by atoms with Crippen molar-refractivity contribution in [2.45, 2.75) is 6.92 Å². The lowest BCUT2D eigenvalue weighted by molar-refractivity contribution is -0.118. The van der Waals surface area contributed by atoms with Gasteiger partial charge in [-0.3, -0.25) is 9.59 Å². The van der Waals surface area contributed by atoms with Crippen LogP contribution in [0.15, 0.2) is 76.8 Å². The van der Waals surface area contributed by atoms with Gasteiger partial charge in [0.2, 0.25) is 0 Å². The van der Waals surface area contributed by atoms with Crippen molar-refractivity contribution in [1.29, 1.82) is 5.26 Å². The molecular weight excluding hydrogens is 517 g/mol. The predicted octanol–water partition coefficient (Wildman–Crippen LogP) is 5.55. The minimum Gasteiger partial charge on any atom is -0.490 e. The number of carbonyl (C=O) groups is 2. The average molecular weight is 538 g/mol. The molecule has 2 amide bonds. The molecule has 0 heterocycles. The molecule has 9 heteroatoms. The van der Waals surface area contributed by atoms with E-state index in [0.29, 0.717) is 28.1 Å². The molecule has 3 aromatic rings. The van der Waals surface area contributed by atoms with Gasteiger partial charge in [0.1, 0.15) is 17.5 Å². The van der Waals surface area contributed by atoms with Crippen LogP contribution in [0, 0.1) is 17.1 Å². The van der Waals surface area contributed by atoms with Crippen LogP contribution in [-0.4, -0.2) is 25.0 Å². The molecule has 0 aliphatic rings. The van der Waals surface area contributed by atoms with Crippen molar-refractivity contribution in [2.24, 2.45) is 0 Å². The molecule has 0 saturated carbocycles. The van der Waals surface area contributed by atoms with Crippen LogP contribution in [0.5, 0.6) is 11.5 Å². The Morgan fingerprint density at radius 3 is 2.46 bits per heavy atom. The minimum absolute atomic E-state index is 0.0449. The average Bonchev–Trinajstić information content (AvgIpc) is 2.84. The predicted molar refractivity (Wildman–Crippen MR) is 134 cm³/mol. The molecule has 7 nitrogen and oxygen atoms in total. The minimum atomic E-state index is -0.558. The van der Waals surface area contributed by atoms with Gasteiger partial charge in [-0.25, -0.2) is 4.39 Å². The molecule has 0 radical (unpaired) electrons. The van der Waals surface area contributed by atoms with E-state index in [2.05, 4.69) is 26.6 Å². The summed E-state index contributed by atoms with van der Waals surface area (Å²) in [6.45, 7) is 1.68. The first-order valence-corrected chi connectivity index (χ1v) is 11.3. The van der Waals surface area contributed by atoms with Gasteiger partial charge in [-0.2, -0.15) is 5.26 Å². The smallest absolute Gasteiger partial charge is 0.266 e. The summed E-state index contributed by atoms with van der Waals surface area (Å²) in [5, 5.41) is 14.6. The van der Waals surface area contributed by atoms with Gasteiger partial charge in [-0.15, -0.1) is 0 Å². The molecule has 0 unspecified atom stereocenters. The number of nitriles is 1. The van der Waals surface area contributed by atoms with Crippen LogP contribution in [0.3, 0.4) is 0 Å². The Morgan fingerprint density at radius 1 is 1.06 bits per heavy atom. The Morgan fingerprint density at radius 2 is 1.77 bits per heavy atom. The van der Waals surface area contributed by atoms with Crippen molar-refractivity contribution in [3.63, 3.8) is 0 Å². The zero-order valence-electron chi connectivity index (χ0n) is 18.7. The highest BCUT2D eigenvalue weighted by molar-refractivity contribution is 9.10. The SMILES string of the molecule is CCOc1cc(/C=C(\C#N)C(=O)Nc2ccccc2)cc(Br)c1OCC(=O)Nc1ccccc1F. The normalized spacial score (nSPS) is 10.7. The zero-order chi connectivity index (χ0) is 25.2. The first-order valence-electron chi connectivity index (χ1n) is 10.5. The Bertz CT molecular complexity index is 1290. The van der Waals surface area contributed by atoms with E-state index in [1.54, 1.807) is 49.4 Å². The fourth-order valence-corrected chi connectivity index (χ4v) is 3.57. The molecule has 2 N–H and O–H groups in total. The van der Waals surface area contributed by atoms with Gasteiger partial charge in [0.05, 0.1) is 16.8 Å². The van der Waals surface area contributed by atoms with Crippen LogP contribution in [0.1, 0.15) is 12.5 Å². The van der Waals surface area contributed by atoms with Crippen molar-refractivity contribution in [3.05, 3.63) is 88.2 Å². The van der Waals surface area contributed by atoms with Gasteiger partial charge in [0, 0.05) is 5.69 Å². The van der Waals surface area contributed by atoms with Crippen LogP contribution >= 0.6 is 15.9 Å². The number of benzene rings is 3. The van der Waals surface area contributed by atoms with E-state index < -0.39 is 24.2 Å². The second-order valence-electron chi connectivity index (χ2n) is 7.07. The number of anilines is 2. The highest BCUT2D eigenvalue weighted by Gasteiger charge is 2.16. The van der Waals surface area contributed by atoms with Gasteiger partial charge in [0.25, 0.3) is 11.8 Å². The highest BCUT2D eigenvalue weighted by Crippen LogP contribution is 2.37. The van der Waals surface area contributed by atoms with Crippen LogP contribution in [0.25, 0.3) is 6.08 Å². The molecular formula is C26H21BrFN3O4. The maximum Gasteiger partial charge on any atom is 0.266 e. The van der Waals surface area contributed by atoms with E-state index in [9.17, 15) is 19.2 Å². The maximum absolute atomic E-state index is 13.8. The molecule has 0 aliphatic heterocycles. The first-order chi connectivity index (χ1) is 16.9. The number of para-hydroxylation sites is 2. The molecule has 178 valence electrons. The summed E-state index contributed by atoms with van der Waals surface area (Å²) >= 11 is 3.39. The second kappa shape index (κ2) is 12.3. The molecule has 0 bridgehead atoms. The van der Waals surface area contributed by atoms with Crippen molar-refractivity contribution >= 4 is 45.2 Å². The van der Waals surface area contributed by atoms with E-state index in [1.807, 2.05) is 12.1 Å². The lowest BCUT2D eigenvalue weighted by Crippen LogP contribution is -2.21. The number of amides is 2. The van der Waals surface area contributed by atoms with E-state index in [0.717, 1.165) is 0 Å². The van der Waals surface area contributed by atoms with Crippen LogP contribution in [0.4, 0.5) is 15.8 Å². The summed E-state index contributed by atoms with van der Waals surface area (Å²) in [4.78, 5) is 24.8. The molecule has 0 aliphatic carbocycles. The van der Waals surface area contributed by atoms with Gasteiger partial charge >= 0.3 is 0 Å². The fourth-order valence-electron chi connectivity index (χ4n) is 3.00. The Balaban J connectivity index is 1.77. The summed E-state index contributed by atoms with van der Waals surface area (Å²) in [6, 6.07) is 19.7. The third-order valence-corrected chi connectivity index (χ3v) is 5.12. The van der Waals surface area contributed by atoms with Gasteiger partial charge in [0.15, 0.2) is 18.1 Å². The van der Waals surface area contributed by atoms with Crippen LogP contribution < -0.4 is 20.1 Å². The van der Waals surface area contributed by atoms with Crippen LogP contribution in [0.2, 0.25) is 0 Å². The molecule has 0 saturated heterocycles. The highest BCUT2D eigenvalue weighted by atomic mass is 79.9. The van der Waals surface area contributed by atoms with E-state index in [1.165, 1.54) is 24.3 Å². The largest absolute Gasteiger partial charge is 0.490 e. The van der Waals surface area contributed by atoms with Gasteiger partial charge < -0.3 is 20.1 Å². The van der Waals surface area contributed by atoms with Gasteiger partial charge in [-0.05, 0) is 70.9 Å². The maximum atomic E-state index is 13.8. The number of halogens is 2. The Kier molecular flexibility index (Phi) is 8.98. The summed E-state index contributed by atoms with van der Waals surface area (Å²) in [7, 11) is 0. The van der Waals surface area contributed by atoms with E-state index in [-0.39, 0.29) is 17.0 Å². The number of hydrogen-bond acceptors (Lipinski definition) is 5. The Hall–Kier alpha value is -4.16. The summed E-state index contributed by atoms with van der Waals surface area (Å²) < 4.78 is 25.5. The van der Waals surface area contributed by atoms with Crippen LogP contribution in [-0.2, 0) is 9.59 Å². The summed E-state index contributed by atoms with van der Waals surface area (Å²) in [5.74, 6) is -1.12. The molecule has 3 aromatic carbocycles. The van der Waals surface area contributed by atoms with Crippen molar-refractivity contribution in [1.82, 2.24) is 0 Å². The molecule has 0 aromatic heterocycles. The van der Waals surface area contributed by atoms with Crippen molar-refractivity contribution < 1.29 is 23.5 Å². The third-order valence-electron chi connectivity index (χ3n) is 4.53. The van der Waals surface area contributed by atoms with E-state index >= 15 is 0 Å². The molecule has 35 heavy (non-hydrogen) atoms. The monoisotopic (exact) mass is 537 g/mol. The topological polar surface area (TPSA) is 100 Å². The third kappa shape index (κ3) is 7.16. The lowest BCUT2D eigenvalue weighted by atomic mass is 10.1. The lowest BCUT2D eigenvalue weighted by Gasteiger charge is -2.15. The Labute approximate surface area is 210 Å². The molecule has 0 spiro atoms. The molecule has 3 rings (SSSR count). The van der Waals surface area contributed by atoms with Crippen molar-refractivity contribution in [2.75, 3.05) is 23.8 Å². The second-order valence-corrected chi connectivity index (χ2v) is 7.92. The number of nitrogens with zero attached hydrogens (tertiary/aromatic N) is 1. The summed E-state index contributed by atoms with van der Waals surface area (Å²) in [5.41, 5.74) is 1.00. The quantitative estimate of drug-likeness (QED) is 0.275. The van der Waals surface area contributed by atoms with Crippen molar-refractivity contribution in [3.8, 4) is 17.6 Å². The number of carbonyl (C=O) groups excluding carboxylic acids is 2. The van der Waals surface area contributed by atoms with Gasteiger partial charge in [-0.1, -0.05) is 30.3 Å². The number of rotatable bonds is 9. The standard InChI is InChI=1S/C26H21BrFN3O4/c1-2-34-23-14-17(12-18(15-29)26(33)30-19-8-4-3-5-9-19)13-20(27)25(23)35-16-24(32)31-22-11-7-6-10-21(22)28/h3-14H,2,16H2,1H3,(H,30,33)(H,31,32)/b18-12+.